The molecule has 4 nitrogen and oxygen atoms in total. The molecular weight excluding hydrogens is 202 g/mol. The Kier molecular flexibility index (Phi) is 2.29. The van der Waals surface area contributed by atoms with Gasteiger partial charge in [0.1, 0.15) is 5.54 Å². The van der Waals surface area contributed by atoms with E-state index in [0.29, 0.717) is 5.57 Å². The Morgan fingerprint density at radius 1 is 1.38 bits per heavy atom. The van der Waals surface area contributed by atoms with Gasteiger partial charge < -0.3 is 0 Å². The van der Waals surface area contributed by atoms with Crippen LogP contribution in [-0.2, 0) is 10.3 Å². The number of Topliss-reactive ketones (excluding diaryl/α,β-unsaturated/α-hetero) is 1. The van der Waals surface area contributed by atoms with E-state index in [2.05, 4.69) is 10.0 Å². The summed E-state index contributed by atoms with van der Waals surface area (Å²) >= 11 is 0. The molecule has 16 heavy (non-hydrogen) atoms. The van der Waals surface area contributed by atoms with E-state index < -0.39 is 5.54 Å². The minimum atomic E-state index is -1.11. The Labute approximate surface area is 93.2 Å². The van der Waals surface area contributed by atoms with Crippen molar-refractivity contribution < 1.29 is 4.79 Å². The number of nitrogens with zero attached hydrogens (tertiary/aromatic N) is 3. The molecule has 4 heteroatoms. The number of fused-ring (bicyclic) bond motifs is 1. The molecular formula is C12H11N3O. The fourth-order valence-electron chi connectivity index (χ4n) is 2.06. The van der Waals surface area contributed by atoms with Crippen LogP contribution >= 0.6 is 0 Å². The summed E-state index contributed by atoms with van der Waals surface area (Å²) in [5.41, 5.74) is 9.82. The van der Waals surface area contributed by atoms with Gasteiger partial charge in [-0.15, -0.1) is 0 Å². The molecule has 1 aromatic rings. The van der Waals surface area contributed by atoms with Crippen molar-refractivity contribution in [1.29, 1.82) is 0 Å². The van der Waals surface area contributed by atoms with Crippen LogP contribution in [0.5, 0.6) is 0 Å². The summed E-state index contributed by atoms with van der Waals surface area (Å²) < 4.78 is 0. The average Bonchev–Trinajstić information content (AvgIpc) is 2.27. The number of rotatable bonds is 1. The zero-order valence-corrected chi connectivity index (χ0v) is 9.14. The molecule has 1 aromatic carbocycles. The standard InChI is InChI=1S/C12H11N3O/c1-8-7-9-5-3-4-6-10(9)12(2,11(8)16)14-15-13/h3-7H,1-2H3. The lowest BCUT2D eigenvalue weighted by molar-refractivity contribution is -0.120. The lowest BCUT2D eigenvalue weighted by Crippen LogP contribution is -2.33. The van der Waals surface area contributed by atoms with Crippen molar-refractivity contribution in [2.45, 2.75) is 19.4 Å². The quantitative estimate of drug-likeness (QED) is 0.401. The topological polar surface area (TPSA) is 65.8 Å². The molecule has 80 valence electrons. The second kappa shape index (κ2) is 3.51. The van der Waals surface area contributed by atoms with Crippen LogP contribution in [0.3, 0.4) is 0 Å². The minimum Gasteiger partial charge on any atom is -0.293 e. The van der Waals surface area contributed by atoms with Crippen molar-refractivity contribution in [1.82, 2.24) is 0 Å². The first-order valence-corrected chi connectivity index (χ1v) is 4.98. The molecule has 0 aliphatic heterocycles. The van der Waals surface area contributed by atoms with Gasteiger partial charge in [0.05, 0.1) is 0 Å². The van der Waals surface area contributed by atoms with Crippen molar-refractivity contribution in [3.05, 3.63) is 51.4 Å². The summed E-state index contributed by atoms with van der Waals surface area (Å²) in [4.78, 5) is 14.9. The number of hydrogen-bond acceptors (Lipinski definition) is 2. The van der Waals surface area contributed by atoms with E-state index in [-0.39, 0.29) is 5.78 Å². The van der Waals surface area contributed by atoms with Gasteiger partial charge in [0.25, 0.3) is 0 Å². The first-order chi connectivity index (χ1) is 7.59. The summed E-state index contributed by atoms with van der Waals surface area (Å²) in [6, 6.07) is 7.47. The van der Waals surface area contributed by atoms with Crippen LogP contribution < -0.4 is 0 Å². The largest absolute Gasteiger partial charge is 0.293 e. The maximum absolute atomic E-state index is 12.1. The highest BCUT2D eigenvalue weighted by atomic mass is 16.1. The normalized spacial score (nSPS) is 23.1. The maximum Gasteiger partial charge on any atom is 0.174 e. The molecule has 1 aliphatic rings. The van der Waals surface area contributed by atoms with Crippen molar-refractivity contribution in [3.8, 4) is 0 Å². The summed E-state index contributed by atoms with van der Waals surface area (Å²) in [5, 5.41) is 3.68. The zero-order valence-electron chi connectivity index (χ0n) is 9.14. The Morgan fingerprint density at radius 3 is 2.75 bits per heavy atom. The third-order valence-electron chi connectivity index (χ3n) is 2.90. The van der Waals surface area contributed by atoms with E-state index in [9.17, 15) is 4.79 Å². The van der Waals surface area contributed by atoms with E-state index in [1.807, 2.05) is 30.3 Å². The monoisotopic (exact) mass is 213 g/mol. The molecule has 0 heterocycles. The molecule has 0 aromatic heterocycles. The predicted octanol–water partition coefficient (Wildman–Crippen LogP) is 3.20. The van der Waals surface area contributed by atoms with Crippen molar-refractivity contribution in [3.63, 3.8) is 0 Å². The van der Waals surface area contributed by atoms with Gasteiger partial charge in [0, 0.05) is 4.91 Å². The smallest absolute Gasteiger partial charge is 0.174 e. The van der Waals surface area contributed by atoms with Gasteiger partial charge in [0.2, 0.25) is 0 Å². The number of azide groups is 1. The van der Waals surface area contributed by atoms with Crippen LogP contribution in [0, 0.1) is 0 Å². The van der Waals surface area contributed by atoms with E-state index in [1.165, 1.54) is 0 Å². The Bertz CT molecular complexity index is 541. The molecule has 0 saturated carbocycles. The Balaban J connectivity index is 2.76. The highest BCUT2D eigenvalue weighted by molar-refractivity contribution is 6.08. The van der Waals surface area contributed by atoms with Gasteiger partial charge in [0.15, 0.2) is 5.78 Å². The molecule has 1 unspecified atom stereocenters. The predicted molar refractivity (Wildman–Crippen MR) is 61.6 cm³/mol. The van der Waals surface area contributed by atoms with Crippen molar-refractivity contribution in [2.75, 3.05) is 0 Å². The number of benzene rings is 1. The third kappa shape index (κ3) is 1.32. The Morgan fingerprint density at radius 2 is 2.06 bits per heavy atom. The fraction of sp³-hybridized carbons (Fsp3) is 0.250. The van der Waals surface area contributed by atoms with E-state index >= 15 is 0 Å². The molecule has 0 spiro atoms. The van der Waals surface area contributed by atoms with Crippen LogP contribution in [0.25, 0.3) is 16.5 Å². The first-order valence-electron chi connectivity index (χ1n) is 4.98. The van der Waals surface area contributed by atoms with Gasteiger partial charge >= 0.3 is 0 Å². The molecule has 1 atom stereocenters. The summed E-state index contributed by atoms with van der Waals surface area (Å²) in [7, 11) is 0. The average molecular weight is 213 g/mol. The molecule has 0 fully saturated rings. The summed E-state index contributed by atoms with van der Waals surface area (Å²) in [5.74, 6) is -0.135. The SMILES string of the molecule is CC1=Cc2ccccc2C(C)(N=[N+]=[N-])C1=O. The molecule has 1 aliphatic carbocycles. The van der Waals surface area contributed by atoms with E-state index in [4.69, 9.17) is 5.53 Å². The highest BCUT2D eigenvalue weighted by Gasteiger charge is 2.38. The molecule has 0 radical (unpaired) electrons. The Hall–Kier alpha value is -2.06. The van der Waals surface area contributed by atoms with Gasteiger partial charge in [-0.1, -0.05) is 29.4 Å². The van der Waals surface area contributed by atoms with E-state index in [0.717, 1.165) is 11.1 Å². The van der Waals surface area contributed by atoms with Crippen molar-refractivity contribution in [2.24, 2.45) is 5.11 Å². The minimum absolute atomic E-state index is 0.135. The van der Waals surface area contributed by atoms with Crippen LogP contribution in [0.15, 0.2) is 35.0 Å². The summed E-state index contributed by atoms with van der Waals surface area (Å²) in [6.07, 6.45) is 1.83. The second-order valence-corrected chi connectivity index (χ2v) is 4.01. The highest BCUT2D eigenvalue weighted by Crippen LogP contribution is 2.37. The lowest BCUT2D eigenvalue weighted by atomic mass is 9.78. The number of hydrogen-bond donors (Lipinski definition) is 0. The van der Waals surface area contributed by atoms with Gasteiger partial charge in [-0.05, 0) is 42.2 Å². The van der Waals surface area contributed by atoms with Crippen LogP contribution in [-0.4, -0.2) is 5.78 Å². The van der Waals surface area contributed by atoms with Crippen LogP contribution in [0.2, 0.25) is 0 Å². The first kappa shape index (κ1) is 10.5. The number of ketones is 1. The molecule has 2 rings (SSSR count). The van der Waals surface area contributed by atoms with Crippen LogP contribution in [0.1, 0.15) is 25.0 Å². The van der Waals surface area contributed by atoms with Gasteiger partial charge in [-0.3, -0.25) is 4.79 Å². The molecule has 0 saturated heterocycles. The third-order valence-corrected chi connectivity index (χ3v) is 2.90. The maximum atomic E-state index is 12.1. The van der Waals surface area contributed by atoms with Crippen molar-refractivity contribution >= 4 is 11.9 Å². The lowest BCUT2D eigenvalue weighted by Gasteiger charge is -2.28. The second-order valence-electron chi connectivity index (χ2n) is 4.01. The molecule has 0 N–H and O–H groups in total. The summed E-state index contributed by atoms with van der Waals surface area (Å²) in [6.45, 7) is 3.40. The molecule has 0 amide bonds. The van der Waals surface area contributed by atoms with Gasteiger partial charge in [-0.25, -0.2) is 0 Å². The fourth-order valence-corrected chi connectivity index (χ4v) is 2.06. The number of carbonyl (C=O) groups excluding carboxylic acids is 1. The molecule has 0 bridgehead atoms. The van der Waals surface area contributed by atoms with Crippen LogP contribution in [0.4, 0.5) is 0 Å². The van der Waals surface area contributed by atoms with Gasteiger partial charge in [-0.2, -0.15) is 0 Å². The zero-order chi connectivity index (χ0) is 11.8. The number of carbonyl (C=O) groups is 1. The van der Waals surface area contributed by atoms with E-state index in [1.54, 1.807) is 13.8 Å².